The summed E-state index contributed by atoms with van der Waals surface area (Å²) in [7, 11) is 4.22. The Morgan fingerprint density at radius 1 is 1.40 bits per heavy atom. The molecule has 2 heteroatoms. The lowest BCUT2D eigenvalue weighted by Crippen LogP contribution is -2.23. The molecular formula is C13H19NO. The van der Waals surface area contributed by atoms with Crippen LogP contribution >= 0.6 is 0 Å². The number of aryl methyl sites for hydroxylation is 1. The SMILES string of the molecule is CN(C)CC1CCCc2ccc(O)cc21. The minimum Gasteiger partial charge on any atom is -0.508 e. The van der Waals surface area contributed by atoms with Gasteiger partial charge in [-0.05, 0) is 62.5 Å². The van der Waals surface area contributed by atoms with E-state index in [4.69, 9.17) is 0 Å². The minimum absolute atomic E-state index is 0.402. The summed E-state index contributed by atoms with van der Waals surface area (Å²) in [5.74, 6) is 0.996. The van der Waals surface area contributed by atoms with Gasteiger partial charge in [0.2, 0.25) is 0 Å². The van der Waals surface area contributed by atoms with Crippen molar-refractivity contribution in [3.63, 3.8) is 0 Å². The Bertz CT molecular complexity index is 346. The highest BCUT2D eigenvalue weighted by Crippen LogP contribution is 2.33. The molecule has 0 saturated carbocycles. The van der Waals surface area contributed by atoms with E-state index < -0.39 is 0 Å². The topological polar surface area (TPSA) is 23.5 Å². The van der Waals surface area contributed by atoms with Gasteiger partial charge >= 0.3 is 0 Å². The van der Waals surface area contributed by atoms with Gasteiger partial charge in [0, 0.05) is 6.54 Å². The maximum Gasteiger partial charge on any atom is 0.115 e. The third-order valence-corrected chi connectivity index (χ3v) is 3.15. The zero-order valence-electron chi connectivity index (χ0n) is 9.53. The van der Waals surface area contributed by atoms with Gasteiger partial charge in [-0.25, -0.2) is 0 Å². The maximum atomic E-state index is 9.53. The summed E-state index contributed by atoms with van der Waals surface area (Å²) >= 11 is 0. The van der Waals surface area contributed by atoms with Gasteiger partial charge in [0.15, 0.2) is 0 Å². The maximum absolute atomic E-state index is 9.53. The van der Waals surface area contributed by atoms with Crippen LogP contribution in [0.15, 0.2) is 18.2 Å². The summed E-state index contributed by atoms with van der Waals surface area (Å²) in [5.41, 5.74) is 2.78. The smallest absolute Gasteiger partial charge is 0.115 e. The van der Waals surface area contributed by atoms with Crippen LogP contribution in [-0.4, -0.2) is 30.6 Å². The Morgan fingerprint density at radius 3 is 2.93 bits per heavy atom. The van der Waals surface area contributed by atoms with Gasteiger partial charge in [0.1, 0.15) is 5.75 Å². The Hall–Kier alpha value is -1.02. The van der Waals surface area contributed by atoms with Crippen LogP contribution in [-0.2, 0) is 6.42 Å². The second-order valence-electron chi connectivity index (χ2n) is 4.73. The monoisotopic (exact) mass is 205 g/mol. The fraction of sp³-hybridized carbons (Fsp3) is 0.538. The predicted molar refractivity (Wildman–Crippen MR) is 62.3 cm³/mol. The quantitative estimate of drug-likeness (QED) is 0.801. The van der Waals surface area contributed by atoms with E-state index >= 15 is 0 Å². The van der Waals surface area contributed by atoms with E-state index in [9.17, 15) is 5.11 Å². The molecule has 82 valence electrons. The van der Waals surface area contributed by atoms with Gasteiger partial charge in [0.05, 0.1) is 0 Å². The number of fused-ring (bicyclic) bond motifs is 1. The molecule has 1 unspecified atom stereocenters. The van der Waals surface area contributed by atoms with Crippen LogP contribution in [0.4, 0.5) is 0 Å². The summed E-state index contributed by atoms with van der Waals surface area (Å²) in [4.78, 5) is 2.23. The normalized spacial score (nSPS) is 20.3. The van der Waals surface area contributed by atoms with E-state index in [1.165, 1.54) is 30.4 Å². The molecule has 0 heterocycles. The highest BCUT2D eigenvalue weighted by molar-refractivity contribution is 5.39. The van der Waals surface area contributed by atoms with Crippen LogP contribution in [0.2, 0.25) is 0 Å². The second-order valence-corrected chi connectivity index (χ2v) is 4.73. The molecule has 1 N–H and O–H groups in total. The molecule has 1 aliphatic carbocycles. The van der Waals surface area contributed by atoms with Crippen LogP contribution in [0.5, 0.6) is 5.75 Å². The molecule has 0 radical (unpaired) electrons. The first kappa shape index (κ1) is 10.5. The average Bonchev–Trinajstić information content (AvgIpc) is 2.18. The number of likely N-dealkylation sites (N-methyl/N-ethyl adjacent to an activating group) is 1. The van der Waals surface area contributed by atoms with Crippen molar-refractivity contribution in [1.29, 1.82) is 0 Å². The first-order valence-electron chi connectivity index (χ1n) is 5.63. The van der Waals surface area contributed by atoms with Gasteiger partial charge in [-0.1, -0.05) is 6.07 Å². The van der Waals surface area contributed by atoms with Crippen molar-refractivity contribution < 1.29 is 5.11 Å². The van der Waals surface area contributed by atoms with Crippen LogP contribution in [0.25, 0.3) is 0 Å². The lowest BCUT2D eigenvalue weighted by Gasteiger charge is -2.28. The summed E-state index contributed by atoms with van der Waals surface area (Å²) in [6.45, 7) is 1.08. The van der Waals surface area contributed by atoms with E-state index in [1.54, 1.807) is 6.07 Å². The molecule has 1 aromatic rings. The Kier molecular flexibility index (Phi) is 2.96. The number of benzene rings is 1. The largest absolute Gasteiger partial charge is 0.508 e. The van der Waals surface area contributed by atoms with Crippen molar-refractivity contribution in [1.82, 2.24) is 4.90 Å². The van der Waals surface area contributed by atoms with Crippen molar-refractivity contribution in [3.8, 4) is 5.75 Å². The van der Waals surface area contributed by atoms with Crippen molar-refractivity contribution >= 4 is 0 Å². The molecule has 1 atom stereocenters. The first-order valence-corrected chi connectivity index (χ1v) is 5.63. The predicted octanol–water partition coefficient (Wildman–Crippen LogP) is 2.37. The molecule has 0 spiro atoms. The number of nitrogens with zero attached hydrogens (tertiary/aromatic N) is 1. The molecule has 0 bridgehead atoms. The summed E-state index contributed by atoms with van der Waals surface area (Å²) in [6.07, 6.45) is 3.68. The number of phenols is 1. The van der Waals surface area contributed by atoms with Crippen molar-refractivity contribution in [2.75, 3.05) is 20.6 Å². The first-order chi connectivity index (χ1) is 7.16. The van der Waals surface area contributed by atoms with Gasteiger partial charge in [-0.3, -0.25) is 0 Å². The molecular weight excluding hydrogens is 186 g/mol. The number of phenolic OH excluding ortho intramolecular Hbond substituents is 1. The van der Waals surface area contributed by atoms with E-state index in [0.717, 1.165) is 6.54 Å². The average molecular weight is 205 g/mol. The molecule has 2 rings (SSSR count). The van der Waals surface area contributed by atoms with E-state index in [1.807, 2.05) is 6.07 Å². The highest BCUT2D eigenvalue weighted by Gasteiger charge is 2.20. The second kappa shape index (κ2) is 4.23. The van der Waals surface area contributed by atoms with E-state index in [-0.39, 0.29) is 0 Å². The fourth-order valence-electron chi connectivity index (χ4n) is 2.51. The van der Waals surface area contributed by atoms with E-state index in [2.05, 4.69) is 25.1 Å². The zero-order chi connectivity index (χ0) is 10.8. The van der Waals surface area contributed by atoms with Gasteiger partial charge < -0.3 is 10.0 Å². The van der Waals surface area contributed by atoms with Crippen molar-refractivity contribution in [3.05, 3.63) is 29.3 Å². The van der Waals surface area contributed by atoms with Crippen molar-refractivity contribution in [2.24, 2.45) is 0 Å². The van der Waals surface area contributed by atoms with Gasteiger partial charge in [-0.2, -0.15) is 0 Å². The number of aromatic hydroxyl groups is 1. The summed E-state index contributed by atoms with van der Waals surface area (Å²) < 4.78 is 0. The third kappa shape index (κ3) is 2.32. The molecule has 15 heavy (non-hydrogen) atoms. The van der Waals surface area contributed by atoms with Crippen LogP contribution < -0.4 is 0 Å². The molecule has 0 aliphatic heterocycles. The number of rotatable bonds is 2. The van der Waals surface area contributed by atoms with Gasteiger partial charge in [0.25, 0.3) is 0 Å². The van der Waals surface area contributed by atoms with Crippen molar-refractivity contribution in [2.45, 2.75) is 25.2 Å². The van der Waals surface area contributed by atoms with E-state index in [0.29, 0.717) is 11.7 Å². The Morgan fingerprint density at radius 2 is 2.20 bits per heavy atom. The standard InChI is InChI=1S/C13H19NO/c1-14(2)9-11-5-3-4-10-6-7-12(15)8-13(10)11/h6-8,11,15H,3-5,9H2,1-2H3. The lowest BCUT2D eigenvalue weighted by atomic mass is 9.82. The molecule has 0 fully saturated rings. The molecule has 0 amide bonds. The fourth-order valence-corrected chi connectivity index (χ4v) is 2.51. The van der Waals surface area contributed by atoms with Gasteiger partial charge in [-0.15, -0.1) is 0 Å². The summed E-state index contributed by atoms with van der Waals surface area (Å²) in [6, 6.07) is 5.83. The highest BCUT2D eigenvalue weighted by atomic mass is 16.3. The Labute approximate surface area is 91.5 Å². The minimum atomic E-state index is 0.402. The molecule has 1 aliphatic rings. The molecule has 1 aromatic carbocycles. The van der Waals surface area contributed by atoms with Crippen LogP contribution in [0.3, 0.4) is 0 Å². The number of hydrogen-bond donors (Lipinski definition) is 1. The molecule has 2 nitrogen and oxygen atoms in total. The van der Waals surface area contributed by atoms with Crippen LogP contribution in [0, 0.1) is 0 Å². The summed E-state index contributed by atoms with van der Waals surface area (Å²) in [5, 5.41) is 9.53. The zero-order valence-corrected chi connectivity index (χ0v) is 9.53. The number of hydrogen-bond acceptors (Lipinski definition) is 2. The molecule has 0 aromatic heterocycles. The lowest BCUT2D eigenvalue weighted by molar-refractivity contribution is 0.351. The molecule has 0 saturated heterocycles. The Balaban J connectivity index is 2.28. The van der Waals surface area contributed by atoms with Crippen LogP contribution in [0.1, 0.15) is 29.9 Å². The third-order valence-electron chi connectivity index (χ3n) is 3.15.